The van der Waals surface area contributed by atoms with Crippen LogP contribution >= 0.6 is 0 Å². The summed E-state index contributed by atoms with van der Waals surface area (Å²) in [6.07, 6.45) is 1.97. The molecule has 0 fully saturated rings. The van der Waals surface area contributed by atoms with E-state index < -0.39 is 11.7 Å². The second-order valence-corrected chi connectivity index (χ2v) is 5.99. The van der Waals surface area contributed by atoms with E-state index in [4.69, 9.17) is 15.2 Å². The van der Waals surface area contributed by atoms with E-state index in [-0.39, 0.29) is 50.1 Å². The first-order chi connectivity index (χ1) is 13.9. The Morgan fingerprint density at radius 1 is 1.34 bits per heavy atom. The summed E-state index contributed by atoms with van der Waals surface area (Å²) >= 11 is 0. The van der Waals surface area contributed by atoms with Gasteiger partial charge in [0.05, 0.1) is 25.3 Å². The predicted molar refractivity (Wildman–Crippen MR) is 102 cm³/mol. The van der Waals surface area contributed by atoms with Gasteiger partial charge in [0.1, 0.15) is 11.5 Å². The van der Waals surface area contributed by atoms with E-state index in [0.29, 0.717) is 13.0 Å². The number of ether oxygens (including phenoxy) is 2. The molecule has 0 radical (unpaired) electrons. The van der Waals surface area contributed by atoms with Gasteiger partial charge in [-0.05, 0) is 23.4 Å². The zero-order valence-corrected chi connectivity index (χ0v) is 16.0. The fourth-order valence-corrected chi connectivity index (χ4v) is 2.82. The number of benzene rings is 1. The monoisotopic (exact) mass is 402 g/mol. The van der Waals surface area contributed by atoms with Crippen molar-refractivity contribution in [1.82, 2.24) is 20.4 Å². The lowest BCUT2D eigenvalue weighted by Gasteiger charge is -2.13. The lowest BCUT2D eigenvalue weighted by Crippen LogP contribution is -2.43. The van der Waals surface area contributed by atoms with Gasteiger partial charge in [0.2, 0.25) is 5.88 Å². The summed E-state index contributed by atoms with van der Waals surface area (Å²) in [5, 5.41) is 19.1. The van der Waals surface area contributed by atoms with Gasteiger partial charge in [0, 0.05) is 23.2 Å². The minimum absolute atomic E-state index is 0.0193. The molecule has 2 aromatic heterocycles. The van der Waals surface area contributed by atoms with Crippen LogP contribution in [0.15, 0.2) is 18.3 Å². The summed E-state index contributed by atoms with van der Waals surface area (Å²) in [5.41, 5.74) is 5.60. The van der Waals surface area contributed by atoms with Crippen molar-refractivity contribution in [2.45, 2.75) is 13.3 Å². The number of fused-ring (bicyclic) bond motifs is 1. The van der Waals surface area contributed by atoms with Crippen molar-refractivity contribution < 1.29 is 23.5 Å². The molecule has 0 spiro atoms. The molecule has 0 aliphatic rings. The molecule has 2 heterocycles. The summed E-state index contributed by atoms with van der Waals surface area (Å²) in [4.78, 5) is 20.4. The molecule has 3 aromatic rings. The number of amides is 1. The summed E-state index contributed by atoms with van der Waals surface area (Å²) in [6, 6.07) is 2.53. The van der Waals surface area contributed by atoms with E-state index in [9.17, 15) is 14.4 Å². The number of anilines is 1. The fourth-order valence-electron chi connectivity index (χ4n) is 2.82. The molecule has 11 heteroatoms. The zero-order valence-electron chi connectivity index (χ0n) is 16.0. The van der Waals surface area contributed by atoms with Gasteiger partial charge < -0.3 is 25.7 Å². The van der Waals surface area contributed by atoms with Crippen molar-refractivity contribution in [1.29, 1.82) is 0 Å². The number of aromatic nitrogens is 4. The van der Waals surface area contributed by atoms with Crippen molar-refractivity contribution in [3.05, 3.63) is 35.0 Å². The lowest BCUT2D eigenvalue weighted by molar-refractivity contribution is -0.667. The quantitative estimate of drug-likeness (QED) is 0.463. The summed E-state index contributed by atoms with van der Waals surface area (Å²) in [5.74, 6) is -1.34. The Bertz CT molecular complexity index is 1090. The van der Waals surface area contributed by atoms with Gasteiger partial charge in [-0.15, -0.1) is 0 Å². The number of hydrogen-bond acceptors (Lipinski definition) is 8. The fraction of sp³-hybridized carbons (Fsp3) is 0.278. The number of carbonyl (C=O) groups is 1. The predicted octanol–water partition coefficient (Wildman–Crippen LogP) is 1.20. The van der Waals surface area contributed by atoms with Crippen LogP contribution in [0.5, 0.6) is 11.9 Å². The Balaban J connectivity index is 2.28. The largest absolute Gasteiger partial charge is 0.594 e. The number of nitrogens with two attached hydrogens (primary N) is 1. The van der Waals surface area contributed by atoms with Gasteiger partial charge in [-0.3, -0.25) is 4.79 Å². The van der Waals surface area contributed by atoms with Gasteiger partial charge in [-0.1, -0.05) is 6.92 Å². The highest BCUT2D eigenvalue weighted by Gasteiger charge is 2.28. The molecule has 3 rings (SSSR count). The first-order valence-corrected chi connectivity index (χ1v) is 8.68. The van der Waals surface area contributed by atoms with Crippen LogP contribution in [-0.4, -0.2) is 41.7 Å². The van der Waals surface area contributed by atoms with Crippen molar-refractivity contribution in [2.24, 2.45) is 0 Å². The van der Waals surface area contributed by atoms with E-state index in [2.05, 4.69) is 20.4 Å². The minimum Gasteiger partial charge on any atom is -0.594 e. The molecule has 3 N–H and O–H groups in total. The summed E-state index contributed by atoms with van der Waals surface area (Å²) < 4.78 is 24.9. The van der Waals surface area contributed by atoms with Crippen molar-refractivity contribution in [2.75, 3.05) is 26.5 Å². The number of nitrogens with zero attached hydrogens (tertiary/aromatic N) is 4. The van der Waals surface area contributed by atoms with Gasteiger partial charge in [0.15, 0.2) is 5.52 Å². The summed E-state index contributed by atoms with van der Waals surface area (Å²) in [6.45, 7) is 2.23. The molecule has 0 aliphatic heterocycles. The SMILES string of the molecule is CCCNC(=O)c1c(N)c2ccc(F)c(-c3cnc(OC)nc3OC)c2n[n+]1[O-]. The zero-order chi connectivity index (χ0) is 21.1. The maximum atomic E-state index is 14.8. The van der Waals surface area contributed by atoms with Crippen molar-refractivity contribution >= 4 is 22.5 Å². The average molecular weight is 402 g/mol. The van der Waals surface area contributed by atoms with Crippen LogP contribution in [0.4, 0.5) is 10.1 Å². The normalized spacial score (nSPS) is 10.8. The smallest absolute Gasteiger partial charge is 0.332 e. The van der Waals surface area contributed by atoms with Gasteiger partial charge in [-0.2, -0.15) is 4.98 Å². The molecule has 1 amide bonds. The van der Waals surface area contributed by atoms with Crippen molar-refractivity contribution in [3.8, 4) is 23.0 Å². The third kappa shape index (κ3) is 3.53. The van der Waals surface area contributed by atoms with Crippen LogP contribution in [-0.2, 0) is 0 Å². The highest BCUT2D eigenvalue weighted by atomic mass is 19.1. The Hall–Kier alpha value is -3.76. The first-order valence-electron chi connectivity index (χ1n) is 8.68. The minimum atomic E-state index is -0.695. The van der Waals surface area contributed by atoms with Crippen LogP contribution in [0.25, 0.3) is 22.0 Å². The average Bonchev–Trinajstić information content (AvgIpc) is 2.71. The molecule has 0 saturated carbocycles. The molecular formula is C18H19FN6O4. The van der Waals surface area contributed by atoms with E-state index in [1.807, 2.05) is 6.92 Å². The highest BCUT2D eigenvalue weighted by molar-refractivity contribution is 6.06. The molecule has 0 unspecified atom stereocenters. The Morgan fingerprint density at radius 3 is 2.76 bits per heavy atom. The molecule has 1 aromatic carbocycles. The Morgan fingerprint density at radius 2 is 2.10 bits per heavy atom. The topological polar surface area (TPSA) is 139 Å². The molecule has 0 atom stereocenters. The maximum Gasteiger partial charge on any atom is 0.332 e. The first kappa shape index (κ1) is 20.0. The number of nitrogen functional groups attached to an aromatic ring is 1. The molecule has 29 heavy (non-hydrogen) atoms. The molecule has 10 nitrogen and oxygen atoms in total. The Kier molecular flexibility index (Phi) is 5.57. The number of hydrogen-bond donors (Lipinski definition) is 2. The number of nitrogens with one attached hydrogen (secondary N) is 1. The molecule has 0 bridgehead atoms. The standard InChI is InChI=1S/C18H19FN6O4/c1-4-7-21-16(26)15-13(20)9-5-6-11(19)12(14(9)24-25(15)27)10-8-22-18(29-3)23-17(10)28-2/h5-6,8H,4,7,20H2,1-3H3,(H,21,26). The van der Waals surface area contributed by atoms with E-state index in [0.717, 1.165) is 6.07 Å². The number of methoxy groups -OCH3 is 2. The van der Waals surface area contributed by atoms with Crippen LogP contribution in [0.3, 0.4) is 0 Å². The van der Waals surface area contributed by atoms with Crippen LogP contribution < -0.4 is 25.4 Å². The number of rotatable bonds is 6. The molecular weight excluding hydrogens is 383 g/mol. The van der Waals surface area contributed by atoms with Gasteiger partial charge in [-0.25, -0.2) is 9.37 Å². The third-order valence-electron chi connectivity index (χ3n) is 4.18. The van der Waals surface area contributed by atoms with Gasteiger partial charge in [0.25, 0.3) is 0 Å². The molecule has 0 aliphatic carbocycles. The van der Waals surface area contributed by atoms with Crippen LogP contribution in [0, 0.1) is 11.0 Å². The summed E-state index contributed by atoms with van der Waals surface area (Å²) in [7, 11) is 2.72. The van der Waals surface area contributed by atoms with E-state index in [1.54, 1.807) is 0 Å². The second-order valence-electron chi connectivity index (χ2n) is 5.99. The lowest BCUT2D eigenvalue weighted by atomic mass is 10.0. The molecule has 152 valence electrons. The van der Waals surface area contributed by atoms with Crippen LogP contribution in [0.2, 0.25) is 0 Å². The second kappa shape index (κ2) is 8.09. The third-order valence-corrected chi connectivity index (χ3v) is 4.18. The Labute approximate surface area is 165 Å². The number of halogens is 1. The van der Waals surface area contributed by atoms with Gasteiger partial charge >= 0.3 is 17.6 Å². The maximum absolute atomic E-state index is 14.8. The van der Waals surface area contributed by atoms with Crippen molar-refractivity contribution in [3.63, 3.8) is 0 Å². The highest BCUT2D eigenvalue weighted by Crippen LogP contribution is 2.36. The van der Waals surface area contributed by atoms with Crippen LogP contribution in [0.1, 0.15) is 23.8 Å². The van der Waals surface area contributed by atoms with E-state index >= 15 is 0 Å². The van der Waals surface area contributed by atoms with E-state index in [1.165, 1.54) is 26.5 Å². The molecule has 0 saturated heterocycles. The number of carbonyl (C=O) groups excluding carboxylic acids is 1.